The van der Waals surface area contributed by atoms with Gasteiger partial charge in [-0.25, -0.2) is 0 Å². The van der Waals surface area contributed by atoms with E-state index in [1.807, 2.05) is 64.9 Å². The fourth-order valence-electron chi connectivity index (χ4n) is 9.05. The van der Waals surface area contributed by atoms with Gasteiger partial charge in [-0.2, -0.15) is 0 Å². The molecule has 8 heteroatoms. The lowest BCUT2D eigenvalue weighted by atomic mass is 9.43. The lowest BCUT2D eigenvalue weighted by Crippen LogP contribution is -2.62. The van der Waals surface area contributed by atoms with Crippen molar-refractivity contribution < 1.29 is 20.1 Å². The van der Waals surface area contributed by atoms with E-state index in [-0.39, 0.29) is 39.7 Å². The van der Waals surface area contributed by atoms with Gasteiger partial charge in [0.25, 0.3) is 5.91 Å². The molecule has 0 spiro atoms. The van der Waals surface area contributed by atoms with Gasteiger partial charge in [0.2, 0.25) is 0 Å². The molecule has 1 amide bonds. The van der Waals surface area contributed by atoms with Crippen LogP contribution in [0.5, 0.6) is 5.75 Å². The summed E-state index contributed by atoms with van der Waals surface area (Å²) in [6, 6.07) is 10.1. The molecule has 5 rings (SSSR count). The first-order valence-electron chi connectivity index (χ1n) is 15.8. The Balaban J connectivity index is 1.82. The van der Waals surface area contributed by atoms with Crippen molar-refractivity contribution in [3.8, 4) is 16.9 Å². The van der Waals surface area contributed by atoms with Gasteiger partial charge in [-0.05, 0) is 57.7 Å². The van der Waals surface area contributed by atoms with E-state index in [0.717, 1.165) is 22.4 Å². The van der Waals surface area contributed by atoms with E-state index in [2.05, 4.69) is 51.2 Å². The molecule has 0 aliphatic heterocycles. The van der Waals surface area contributed by atoms with E-state index in [9.17, 15) is 25.0 Å². The number of amides is 1. The minimum Gasteiger partial charge on any atom is -0.511 e. The van der Waals surface area contributed by atoms with Crippen molar-refractivity contribution in [2.45, 2.75) is 72.3 Å². The van der Waals surface area contributed by atoms with Crippen molar-refractivity contribution >= 4 is 17.2 Å². The maximum atomic E-state index is 13.2. The second kappa shape index (κ2) is 10.3. The van der Waals surface area contributed by atoms with Crippen molar-refractivity contribution in [1.29, 1.82) is 0 Å². The number of fused-ring (bicyclic) bond motifs is 3. The van der Waals surface area contributed by atoms with E-state index >= 15 is 0 Å². The average Bonchev–Trinajstić information content (AvgIpc) is 2.91. The van der Waals surface area contributed by atoms with Crippen LogP contribution in [0.15, 0.2) is 76.9 Å². The molecule has 0 saturated carbocycles. The quantitative estimate of drug-likeness (QED) is 0.250. The standard InChI is InChI=1S/C38H47N3O5/c1-19(2)29-32(43)28(34(39)45)21(4)38(40-46)33(44)30-20(3)27-25(17-36(30,8)18-37(29,38)9)26(41(10)11)16-24(31(27)42)22-12-14-23(15-13-22)35(5,6)7/h12-16,19,29,42-44H,3-4,17-18H2,1-2,5-11H3,(H2,39,45)/t29-,36+,37+,38?/m1/s1. The van der Waals surface area contributed by atoms with Crippen molar-refractivity contribution in [2.75, 3.05) is 19.0 Å². The van der Waals surface area contributed by atoms with Crippen LogP contribution in [-0.4, -0.2) is 40.9 Å². The van der Waals surface area contributed by atoms with Crippen LogP contribution < -0.4 is 10.6 Å². The number of nitrogens with two attached hydrogens (primary N) is 1. The lowest BCUT2D eigenvalue weighted by Gasteiger charge is -2.60. The Morgan fingerprint density at radius 2 is 1.67 bits per heavy atom. The van der Waals surface area contributed by atoms with E-state index in [4.69, 9.17) is 5.73 Å². The largest absolute Gasteiger partial charge is 0.511 e. The zero-order chi connectivity index (χ0) is 34.5. The third-order valence-corrected chi connectivity index (χ3v) is 10.9. The van der Waals surface area contributed by atoms with Crippen LogP contribution >= 0.6 is 0 Å². The highest BCUT2D eigenvalue weighted by atomic mass is 16.3. The van der Waals surface area contributed by atoms with Crippen molar-refractivity contribution in [2.24, 2.45) is 33.6 Å². The minimum absolute atomic E-state index is 0.0239. The molecule has 8 nitrogen and oxygen atoms in total. The highest BCUT2D eigenvalue weighted by Gasteiger charge is 2.70. The number of carbonyl (C=O) groups is 1. The van der Waals surface area contributed by atoms with Crippen molar-refractivity contribution in [1.82, 2.24) is 0 Å². The molecule has 3 aliphatic rings. The van der Waals surface area contributed by atoms with Crippen LogP contribution in [0, 0.1) is 27.6 Å². The van der Waals surface area contributed by atoms with Gasteiger partial charge in [0.05, 0.1) is 5.57 Å². The van der Waals surface area contributed by atoms with Crippen LogP contribution in [0.2, 0.25) is 0 Å². The molecule has 0 heterocycles. The molecule has 4 atom stereocenters. The second-order valence-corrected chi connectivity index (χ2v) is 15.5. The fourth-order valence-corrected chi connectivity index (χ4v) is 9.05. The smallest absolute Gasteiger partial charge is 0.252 e. The summed E-state index contributed by atoms with van der Waals surface area (Å²) < 4.78 is 0. The van der Waals surface area contributed by atoms with E-state index in [0.29, 0.717) is 35.1 Å². The molecule has 5 N–H and O–H groups in total. The molecule has 46 heavy (non-hydrogen) atoms. The van der Waals surface area contributed by atoms with Crippen LogP contribution in [0.1, 0.15) is 71.6 Å². The number of aliphatic hydroxyl groups is 2. The van der Waals surface area contributed by atoms with Gasteiger partial charge in [0, 0.05) is 58.8 Å². The number of phenols is 1. The predicted octanol–water partition coefficient (Wildman–Crippen LogP) is 7.87. The van der Waals surface area contributed by atoms with Gasteiger partial charge in [-0.15, -0.1) is 4.91 Å². The summed E-state index contributed by atoms with van der Waals surface area (Å²) >= 11 is 0. The molecule has 1 unspecified atom stereocenters. The number of aromatic hydroxyl groups is 1. The van der Waals surface area contributed by atoms with E-state index in [1.54, 1.807) is 0 Å². The van der Waals surface area contributed by atoms with Gasteiger partial charge >= 0.3 is 0 Å². The first-order valence-corrected chi connectivity index (χ1v) is 15.8. The summed E-state index contributed by atoms with van der Waals surface area (Å²) in [5.74, 6) is -2.53. The highest BCUT2D eigenvalue weighted by molar-refractivity contribution is 5.99. The van der Waals surface area contributed by atoms with Crippen LogP contribution in [0.4, 0.5) is 5.69 Å². The third-order valence-electron chi connectivity index (χ3n) is 10.9. The Kier molecular flexibility index (Phi) is 7.43. The zero-order valence-electron chi connectivity index (χ0n) is 28.5. The average molecular weight is 626 g/mol. The number of primary amides is 1. The Morgan fingerprint density at radius 3 is 2.15 bits per heavy atom. The molecule has 0 radical (unpaired) electrons. The minimum atomic E-state index is -2.01. The maximum absolute atomic E-state index is 13.2. The van der Waals surface area contributed by atoms with Crippen LogP contribution in [0.25, 0.3) is 16.7 Å². The van der Waals surface area contributed by atoms with Crippen LogP contribution in [0.3, 0.4) is 0 Å². The molecular weight excluding hydrogens is 578 g/mol. The SMILES string of the molecule is C=C1C2=C(O)C3(N=O)C(=C)C(C(N)=O)=C(O)[C@@H](C(C)C)[C@]3(C)C[C@]2(C)Cc2c(N(C)C)cc(-c3ccc(C(C)(C)C)cc3)c(O)c21. The first-order chi connectivity index (χ1) is 21.2. The molecular formula is C38H47N3O5. The summed E-state index contributed by atoms with van der Waals surface area (Å²) in [7, 11) is 3.90. The number of allylic oxidation sites excluding steroid dienone is 3. The first kappa shape index (κ1) is 33.0. The molecule has 0 bridgehead atoms. The topological polar surface area (TPSA) is 136 Å². The maximum Gasteiger partial charge on any atom is 0.252 e. The normalized spacial score (nSPS) is 27.7. The number of nitrogens with zero attached hydrogens (tertiary/aromatic N) is 2. The Morgan fingerprint density at radius 1 is 1.09 bits per heavy atom. The number of carbonyl (C=O) groups excluding carboxylic acids is 1. The Bertz CT molecular complexity index is 1770. The monoisotopic (exact) mass is 625 g/mol. The number of benzene rings is 2. The van der Waals surface area contributed by atoms with Gasteiger partial charge in [0.15, 0.2) is 5.54 Å². The Hall–Kier alpha value is -4.33. The zero-order valence-corrected chi connectivity index (χ0v) is 28.5. The molecule has 3 aliphatic carbocycles. The van der Waals surface area contributed by atoms with E-state index < -0.39 is 28.2 Å². The molecule has 0 fully saturated rings. The van der Waals surface area contributed by atoms with Gasteiger partial charge in [-0.1, -0.05) is 85.9 Å². The molecule has 2 aromatic carbocycles. The lowest BCUT2D eigenvalue weighted by molar-refractivity contribution is -0.115. The third kappa shape index (κ3) is 4.21. The number of hydrogen-bond donors (Lipinski definition) is 4. The summed E-state index contributed by atoms with van der Waals surface area (Å²) in [5.41, 5.74) is 6.90. The van der Waals surface area contributed by atoms with Crippen LogP contribution in [-0.2, 0) is 16.6 Å². The number of aliphatic hydroxyl groups excluding tert-OH is 2. The Labute approximate surface area is 272 Å². The fraction of sp³-hybridized carbons (Fsp3) is 0.447. The molecule has 2 aromatic rings. The number of phenolic OH excluding ortho intramolecular Hbond substituents is 1. The van der Waals surface area contributed by atoms with Gasteiger partial charge < -0.3 is 26.0 Å². The molecule has 244 valence electrons. The summed E-state index contributed by atoms with van der Waals surface area (Å²) in [5, 5.41) is 39.5. The summed E-state index contributed by atoms with van der Waals surface area (Å²) in [4.78, 5) is 27.9. The van der Waals surface area contributed by atoms with Gasteiger partial charge in [-0.3, -0.25) is 4.79 Å². The van der Waals surface area contributed by atoms with Crippen molar-refractivity contribution in [3.63, 3.8) is 0 Å². The number of rotatable bonds is 5. The number of hydrogen-bond acceptors (Lipinski definition) is 7. The predicted molar refractivity (Wildman–Crippen MR) is 185 cm³/mol. The molecule has 0 aromatic heterocycles. The second-order valence-electron chi connectivity index (χ2n) is 15.5. The van der Waals surface area contributed by atoms with E-state index in [1.165, 1.54) is 0 Å². The summed E-state index contributed by atoms with van der Waals surface area (Å²) in [6.07, 6.45) is 0.700. The number of nitroso groups, excluding NO2 is 1. The highest BCUT2D eigenvalue weighted by Crippen LogP contribution is 2.70. The summed E-state index contributed by atoms with van der Waals surface area (Å²) in [6.45, 7) is 22.5. The van der Waals surface area contributed by atoms with Crippen molar-refractivity contribution in [3.05, 3.63) is 93.3 Å². The van der Waals surface area contributed by atoms with Gasteiger partial charge in [0.1, 0.15) is 17.3 Å². The number of anilines is 1. The molecule has 0 saturated heterocycles.